The van der Waals surface area contributed by atoms with E-state index < -0.39 is 5.97 Å². The van der Waals surface area contributed by atoms with Gasteiger partial charge in [0.2, 0.25) is 0 Å². The molecule has 1 aromatic carbocycles. The van der Waals surface area contributed by atoms with Crippen molar-refractivity contribution >= 4 is 5.97 Å². The Hall–Kier alpha value is -1.75. The van der Waals surface area contributed by atoms with Crippen molar-refractivity contribution in [3.05, 3.63) is 23.8 Å². The third kappa shape index (κ3) is 2.87. The second-order valence-corrected chi connectivity index (χ2v) is 3.33. The van der Waals surface area contributed by atoms with Crippen LogP contribution in [0.25, 0.3) is 0 Å². The van der Waals surface area contributed by atoms with Gasteiger partial charge in [0.25, 0.3) is 0 Å². The van der Waals surface area contributed by atoms with Crippen LogP contribution in [0, 0.1) is 0 Å². The van der Waals surface area contributed by atoms with Gasteiger partial charge in [-0.2, -0.15) is 0 Å². The van der Waals surface area contributed by atoms with Crippen molar-refractivity contribution in [2.75, 3.05) is 13.7 Å². The third-order valence-electron chi connectivity index (χ3n) is 2.07. The summed E-state index contributed by atoms with van der Waals surface area (Å²) in [5, 5.41) is 8.81. The van der Waals surface area contributed by atoms with Gasteiger partial charge in [-0.1, -0.05) is 0 Å². The molecule has 5 nitrogen and oxygen atoms in total. The Morgan fingerprint density at radius 3 is 2.69 bits per heavy atom. The number of methoxy groups -OCH3 is 1. The summed E-state index contributed by atoms with van der Waals surface area (Å²) in [5.74, 6) is -0.123. The molecule has 1 unspecified atom stereocenters. The summed E-state index contributed by atoms with van der Waals surface area (Å²) in [7, 11) is 1.46. The predicted octanol–water partition coefficient (Wildman–Crippen LogP) is 1.12. The Balaban J connectivity index is 2.97. The lowest BCUT2D eigenvalue weighted by atomic mass is 10.2. The first-order chi connectivity index (χ1) is 7.58. The number of hydrogen-bond donors (Lipinski definition) is 2. The minimum Gasteiger partial charge on any atom is -0.493 e. The first-order valence-electron chi connectivity index (χ1n) is 4.86. The monoisotopic (exact) mass is 225 g/mol. The number of nitrogens with two attached hydrogens (primary N) is 1. The lowest BCUT2D eigenvalue weighted by Crippen LogP contribution is -2.23. The Labute approximate surface area is 93.8 Å². The molecule has 1 atom stereocenters. The smallest absolute Gasteiger partial charge is 0.335 e. The lowest BCUT2D eigenvalue weighted by Gasteiger charge is -2.15. The molecule has 0 amide bonds. The minimum atomic E-state index is -1.00. The standard InChI is InChI=1S/C11H15NO4/c1-7(6-12)16-9-4-3-8(11(13)14)5-10(9)15-2/h3-5,7H,6,12H2,1-2H3,(H,13,14). The molecule has 88 valence electrons. The number of carboxylic acid groups (broad SMARTS) is 1. The number of ether oxygens (including phenoxy) is 2. The first-order valence-corrected chi connectivity index (χ1v) is 4.86. The quantitative estimate of drug-likeness (QED) is 0.784. The van der Waals surface area contributed by atoms with E-state index in [2.05, 4.69) is 0 Å². The van der Waals surface area contributed by atoms with Gasteiger partial charge in [-0.3, -0.25) is 0 Å². The summed E-state index contributed by atoms with van der Waals surface area (Å²) in [6.45, 7) is 2.20. The fourth-order valence-electron chi connectivity index (χ4n) is 1.16. The van der Waals surface area contributed by atoms with E-state index in [0.717, 1.165) is 0 Å². The van der Waals surface area contributed by atoms with Gasteiger partial charge in [0.15, 0.2) is 11.5 Å². The van der Waals surface area contributed by atoms with E-state index in [1.54, 1.807) is 6.07 Å². The normalized spacial score (nSPS) is 11.9. The molecule has 1 rings (SSSR count). The number of benzene rings is 1. The highest BCUT2D eigenvalue weighted by atomic mass is 16.5. The van der Waals surface area contributed by atoms with E-state index >= 15 is 0 Å². The SMILES string of the molecule is COc1cc(C(=O)O)ccc1OC(C)CN. The molecule has 5 heteroatoms. The number of aromatic carboxylic acids is 1. The Morgan fingerprint density at radius 2 is 2.19 bits per heavy atom. The van der Waals surface area contributed by atoms with Gasteiger partial charge >= 0.3 is 5.97 Å². The summed E-state index contributed by atoms with van der Waals surface area (Å²) >= 11 is 0. The van der Waals surface area contributed by atoms with Gasteiger partial charge in [-0.05, 0) is 25.1 Å². The van der Waals surface area contributed by atoms with Gasteiger partial charge in [-0.15, -0.1) is 0 Å². The fraction of sp³-hybridized carbons (Fsp3) is 0.364. The van der Waals surface area contributed by atoms with Crippen LogP contribution in [0.1, 0.15) is 17.3 Å². The van der Waals surface area contributed by atoms with E-state index in [4.69, 9.17) is 20.3 Å². The van der Waals surface area contributed by atoms with Gasteiger partial charge < -0.3 is 20.3 Å². The Kier molecular flexibility index (Phi) is 4.13. The third-order valence-corrected chi connectivity index (χ3v) is 2.07. The Bertz CT molecular complexity index is 378. The molecule has 0 fully saturated rings. The molecule has 0 saturated carbocycles. The summed E-state index contributed by atoms with van der Waals surface area (Å²) in [5.41, 5.74) is 5.59. The summed E-state index contributed by atoms with van der Waals surface area (Å²) in [6, 6.07) is 4.44. The average Bonchev–Trinajstić information content (AvgIpc) is 2.29. The zero-order chi connectivity index (χ0) is 12.1. The van der Waals surface area contributed by atoms with Crippen LogP contribution in [0.2, 0.25) is 0 Å². The largest absolute Gasteiger partial charge is 0.493 e. The average molecular weight is 225 g/mol. The second-order valence-electron chi connectivity index (χ2n) is 3.33. The zero-order valence-corrected chi connectivity index (χ0v) is 9.27. The van der Waals surface area contributed by atoms with Gasteiger partial charge in [0.1, 0.15) is 6.10 Å². The van der Waals surface area contributed by atoms with Crippen LogP contribution in [-0.4, -0.2) is 30.8 Å². The fourth-order valence-corrected chi connectivity index (χ4v) is 1.16. The molecule has 0 radical (unpaired) electrons. The molecule has 0 saturated heterocycles. The van der Waals surface area contributed by atoms with Crippen molar-refractivity contribution < 1.29 is 19.4 Å². The zero-order valence-electron chi connectivity index (χ0n) is 9.27. The minimum absolute atomic E-state index is 0.149. The molecule has 0 aromatic heterocycles. The van der Waals surface area contributed by atoms with Crippen LogP contribution >= 0.6 is 0 Å². The molecule has 16 heavy (non-hydrogen) atoms. The molecule has 0 heterocycles. The van der Waals surface area contributed by atoms with Crippen LogP contribution < -0.4 is 15.2 Å². The molecular formula is C11H15NO4. The van der Waals surface area contributed by atoms with Crippen LogP contribution in [0.4, 0.5) is 0 Å². The van der Waals surface area contributed by atoms with Crippen molar-refractivity contribution in [1.82, 2.24) is 0 Å². The molecule has 1 aromatic rings. The number of carboxylic acids is 1. The van der Waals surface area contributed by atoms with Crippen LogP contribution in [0.3, 0.4) is 0 Å². The van der Waals surface area contributed by atoms with E-state index in [1.807, 2.05) is 6.92 Å². The predicted molar refractivity (Wildman–Crippen MR) is 59.1 cm³/mol. The van der Waals surface area contributed by atoms with Crippen molar-refractivity contribution in [3.8, 4) is 11.5 Å². The highest BCUT2D eigenvalue weighted by Gasteiger charge is 2.11. The molecule has 0 aliphatic heterocycles. The van der Waals surface area contributed by atoms with Crippen LogP contribution in [-0.2, 0) is 0 Å². The maximum Gasteiger partial charge on any atom is 0.335 e. The molecule has 0 bridgehead atoms. The topological polar surface area (TPSA) is 81.8 Å². The molecular weight excluding hydrogens is 210 g/mol. The number of rotatable bonds is 5. The van der Waals surface area contributed by atoms with E-state index in [9.17, 15) is 4.79 Å². The van der Waals surface area contributed by atoms with Crippen molar-refractivity contribution in [2.45, 2.75) is 13.0 Å². The molecule has 3 N–H and O–H groups in total. The summed E-state index contributed by atoms with van der Waals surface area (Å²) < 4.78 is 10.5. The van der Waals surface area contributed by atoms with E-state index in [-0.39, 0.29) is 11.7 Å². The lowest BCUT2D eigenvalue weighted by molar-refractivity contribution is 0.0696. The molecule has 0 spiro atoms. The maximum atomic E-state index is 10.7. The molecule has 0 aliphatic rings. The number of carbonyl (C=O) groups is 1. The van der Waals surface area contributed by atoms with E-state index in [0.29, 0.717) is 18.0 Å². The first kappa shape index (κ1) is 12.3. The van der Waals surface area contributed by atoms with Crippen molar-refractivity contribution in [1.29, 1.82) is 0 Å². The maximum absolute atomic E-state index is 10.7. The number of hydrogen-bond acceptors (Lipinski definition) is 4. The summed E-state index contributed by atoms with van der Waals surface area (Å²) in [6.07, 6.45) is -0.149. The highest BCUT2D eigenvalue weighted by Crippen LogP contribution is 2.28. The summed E-state index contributed by atoms with van der Waals surface area (Å²) in [4.78, 5) is 10.7. The van der Waals surface area contributed by atoms with Gasteiger partial charge in [0.05, 0.1) is 12.7 Å². The van der Waals surface area contributed by atoms with Crippen LogP contribution in [0.15, 0.2) is 18.2 Å². The Morgan fingerprint density at radius 1 is 1.50 bits per heavy atom. The van der Waals surface area contributed by atoms with E-state index in [1.165, 1.54) is 19.2 Å². The highest BCUT2D eigenvalue weighted by molar-refractivity contribution is 5.88. The van der Waals surface area contributed by atoms with Crippen molar-refractivity contribution in [3.63, 3.8) is 0 Å². The van der Waals surface area contributed by atoms with Crippen LogP contribution in [0.5, 0.6) is 11.5 Å². The second kappa shape index (κ2) is 5.37. The molecule has 0 aliphatic carbocycles. The van der Waals surface area contributed by atoms with Crippen molar-refractivity contribution in [2.24, 2.45) is 5.73 Å². The van der Waals surface area contributed by atoms with Gasteiger partial charge in [0, 0.05) is 6.54 Å². The van der Waals surface area contributed by atoms with Gasteiger partial charge in [-0.25, -0.2) is 4.79 Å².